The van der Waals surface area contributed by atoms with Gasteiger partial charge in [-0.1, -0.05) is 25.7 Å². The number of aliphatic hydroxyl groups is 1. The van der Waals surface area contributed by atoms with Crippen LogP contribution in [0.25, 0.3) is 0 Å². The number of hydrogen-bond acceptors (Lipinski definition) is 7. The van der Waals surface area contributed by atoms with Crippen LogP contribution in [-0.4, -0.2) is 63.2 Å². The summed E-state index contributed by atoms with van der Waals surface area (Å²) in [7, 11) is 6.44. The fraction of sp³-hybridized carbons (Fsp3) is 0.588. The number of anilines is 1. The molecule has 1 aromatic heterocycles. The van der Waals surface area contributed by atoms with Gasteiger partial charge in [-0.15, -0.1) is 11.3 Å². The Bertz CT molecular complexity index is 601. The lowest BCUT2D eigenvalue weighted by Crippen LogP contribution is -2.46. The van der Waals surface area contributed by atoms with Crippen molar-refractivity contribution in [2.75, 3.05) is 40.2 Å². The summed E-state index contributed by atoms with van der Waals surface area (Å²) in [6, 6.07) is 1.39. The van der Waals surface area contributed by atoms with E-state index in [-0.39, 0.29) is 12.5 Å². The second-order valence-corrected chi connectivity index (χ2v) is 6.90. The molecule has 2 atom stereocenters. The minimum atomic E-state index is -0.777. The summed E-state index contributed by atoms with van der Waals surface area (Å²) in [5.74, 6) is 5.94. The maximum Gasteiger partial charge on any atom is 0.350 e. The predicted molar refractivity (Wildman–Crippen MR) is 96.4 cm³/mol. The van der Waals surface area contributed by atoms with Gasteiger partial charge in [0.25, 0.3) is 0 Å². The van der Waals surface area contributed by atoms with Gasteiger partial charge in [0.2, 0.25) is 0 Å². The lowest BCUT2D eigenvalue weighted by atomic mass is 10.2. The van der Waals surface area contributed by atoms with E-state index in [1.165, 1.54) is 18.4 Å². The zero-order valence-electron chi connectivity index (χ0n) is 15.0. The average Bonchev–Trinajstić information content (AvgIpc) is 2.93. The Hall–Kier alpha value is -1.59. The summed E-state index contributed by atoms with van der Waals surface area (Å²) in [6.45, 7) is 4.29. The summed E-state index contributed by atoms with van der Waals surface area (Å²) in [6.07, 6.45) is -0.777. The molecule has 0 aliphatic carbocycles. The predicted octanol–water partition coefficient (Wildman–Crippen LogP) is 1.85. The van der Waals surface area contributed by atoms with Crippen LogP contribution in [0.1, 0.15) is 28.4 Å². The Morgan fingerprint density at radius 3 is 2.58 bits per heavy atom. The first-order chi connectivity index (χ1) is 11.3. The molecule has 0 radical (unpaired) electrons. The number of ether oxygens (including phenoxy) is 2. The van der Waals surface area contributed by atoms with Gasteiger partial charge in [-0.3, -0.25) is 4.90 Å². The molecular weight excluding hydrogens is 328 g/mol. The third-order valence-corrected chi connectivity index (χ3v) is 4.19. The fourth-order valence-electron chi connectivity index (χ4n) is 1.96. The Morgan fingerprint density at radius 1 is 1.42 bits per heavy atom. The monoisotopic (exact) mass is 354 g/mol. The summed E-state index contributed by atoms with van der Waals surface area (Å²) in [5, 5.41) is 13.5. The van der Waals surface area contributed by atoms with Gasteiger partial charge in [-0.05, 0) is 20.2 Å². The van der Waals surface area contributed by atoms with Crippen LogP contribution in [-0.2, 0) is 9.47 Å². The van der Waals surface area contributed by atoms with E-state index in [0.717, 1.165) is 4.88 Å². The third kappa shape index (κ3) is 5.80. The molecule has 0 aromatic carbocycles. The molecule has 7 heteroatoms. The first kappa shape index (κ1) is 20.5. The zero-order valence-corrected chi connectivity index (χ0v) is 15.9. The van der Waals surface area contributed by atoms with Crippen LogP contribution in [0.2, 0.25) is 0 Å². The van der Waals surface area contributed by atoms with Crippen molar-refractivity contribution in [2.45, 2.75) is 26.1 Å². The van der Waals surface area contributed by atoms with E-state index >= 15 is 0 Å². The Kier molecular flexibility index (Phi) is 8.22. The van der Waals surface area contributed by atoms with Crippen LogP contribution in [0.15, 0.2) is 6.07 Å². The second-order valence-electron chi connectivity index (χ2n) is 5.85. The normalized spacial score (nSPS) is 13.4. The van der Waals surface area contributed by atoms with Crippen molar-refractivity contribution in [2.24, 2.45) is 5.92 Å². The Balaban J connectivity index is 3.14. The molecular formula is C17H26N2O4S. The third-order valence-electron chi connectivity index (χ3n) is 3.16. The smallest absolute Gasteiger partial charge is 0.350 e. The molecule has 1 heterocycles. The van der Waals surface area contributed by atoms with E-state index in [9.17, 15) is 9.90 Å². The molecule has 0 saturated carbocycles. The summed E-state index contributed by atoms with van der Waals surface area (Å²) in [5.41, 5.74) is 0.586. The van der Waals surface area contributed by atoms with Crippen molar-refractivity contribution in [1.82, 2.24) is 4.90 Å². The van der Waals surface area contributed by atoms with Crippen molar-refractivity contribution in [1.29, 1.82) is 0 Å². The van der Waals surface area contributed by atoms with Crippen molar-refractivity contribution in [3.63, 3.8) is 0 Å². The number of nitrogens with zero attached hydrogens (tertiary/aromatic N) is 1. The highest BCUT2D eigenvalue weighted by molar-refractivity contribution is 7.15. The second kappa shape index (κ2) is 9.64. The van der Waals surface area contributed by atoms with Crippen LogP contribution in [0, 0.1) is 17.8 Å². The molecule has 24 heavy (non-hydrogen) atoms. The van der Waals surface area contributed by atoms with Gasteiger partial charge in [0, 0.05) is 13.0 Å². The maximum absolute atomic E-state index is 12.0. The number of methoxy groups -OCH3 is 2. The number of rotatable bonds is 7. The van der Waals surface area contributed by atoms with Crippen LogP contribution in [0.3, 0.4) is 0 Å². The lowest BCUT2D eigenvalue weighted by molar-refractivity contribution is 0.00220. The van der Waals surface area contributed by atoms with E-state index < -0.39 is 18.2 Å². The highest BCUT2D eigenvalue weighted by Crippen LogP contribution is 2.28. The molecule has 0 aliphatic heterocycles. The largest absolute Gasteiger partial charge is 0.465 e. The van der Waals surface area contributed by atoms with Gasteiger partial charge in [0.1, 0.15) is 11.1 Å². The topological polar surface area (TPSA) is 71.0 Å². The van der Waals surface area contributed by atoms with Crippen molar-refractivity contribution < 1.29 is 19.4 Å². The van der Waals surface area contributed by atoms with Crippen molar-refractivity contribution in [3.8, 4) is 11.8 Å². The summed E-state index contributed by atoms with van der Waals surface area (Å²) in [4.78, 5) is 14.9. The van der Waals surface area contributed by atoms with Crippen molar-refractivity contribution in [3.05, 3.63) is 15.8 Å². The van der Waals surface area contributed by atoms with E-state index in [4.69, 9.17) is 9.47 Å². The molecule has 0 spiro atoms. The number of thiophene rings is 1. The standard InChI is InChI=1S/C17H26N2O4S/c1-11(2)7-8-12-9-13(15(24-12)17(21)23-6)18-14(10-22-5)16(20)19(3)4/h9,11,14,16,18,20H,10H2,1-6H3. The molecule has 0 aliphatic rings. The molecule has 2 N–H and O–H groups in total. The number of nitrogens with one attached hydrogen (secondary N) is 1. The summed E-state index contributed by atoms with van der Waals surface area (Å²) < 4.78 is 10.0. The molecule has 0 bridgehead atoms. The van der Waals surface area contributed by atoms with E-state index in [1.54, 1.807) is 32.2 Å². The number of hydrogen-bond donors (Lipinski definition) is 2. The maximum atomic E-state index is 12.0. The lowest BCUT2D eigenvalue weighted by Gasteiger charge is -2.28. The number of esters is 1. The average molecular weight is 354 g/mol. The zero-order chi connectivity index (χ0) is 18.3. The highest BCUT2D eigenvalue weighted by Gasteiger charge is 2.25. The van der Waals surface area contributed by atoms with E-state index in [1.807, 2.05) is 13.8 Å². The van der Waals surface area contributed by atoms with Crippen LogP contribution in [0.5, 0.6) is 0 Å². The van der Waals surface area contributed by atoms with Crippen LogP contribution < -0.4 is 5.32 Å². The molecule has 2 unspecified atom stereocenters. The molecule has 134 valence electrons. The minimum absolute atomic E-state index is 0.238. The summed E-state index contributed by atoms with van der Waals surface area (Å²) >= 11 is 1.27. The minimum Gasteiger partial charge on any atom is -0.465 e. The highest BCUT2D eigenvalue weighted by atomic mass is 32.1. The first-order valence-corrected chi connectivity index (χ1v) is 8.45. The number of carbonyl (C=O) groups is 1. The molecule has 6 nitrogen and oxygen atoms in total. The van der Waals surface area contributed by atoms with Crippen LogP contribution in [0.4, 0.5) is 5.69 Å². The van der Waals surface area contributed by atoms with E-state index in [2.05, 4.69) is 17.2 Å². The number of carbonyl (C=O) groups excluding carboxylic acids is 1. The van der Waals surface area contributed by atoms with E-state index in [0.29, 0.717) is 10.6 Å². The number of aliphatic hydroxyl groups excluding tert-OH is 1. The molecule has 1 rings (SSSR count). The Morgan fingerprint density at radius 2 is 2.08 bits per heavy atom. The van der Waals surface area contributed by atoms with Gasteiger partial charge >= 0.3 is 5.97 Å². The van der Waals surface area contributed by atoms with Gasteiger partial charge in [0.15, 0.2) is 0 Å². The Labute approximate surface area is 147 Å². The SMILES string of the molecule is COCC(Nc1cc(C#CC(C)C)sc1C(=O)OC)C(O)N(C)C. The quantitative estimate of drug-likeness (QED) is 0.442. The fourth-order valence-corrected chi connectivity index (χ4v) is 2.86. The molecule has 1 aromatic rings. The molecule has 0 fully saturated rings. The number of likely N-dealkylation sites (N-methyl/N-ethyl adjacent to an activating group) is 1. The van der Waals surface area contributed by atoms with Crippen LogP contribution >= 0.6 is 11.3 Å². The van der Waals surface area contributed by atoms with Gasteiger partial charge < -0.3 is 19.9 Å². The van der Waals surface area contributed by atoms with Gasteiger partial charge in [0.05, 0.1) is 30.3 Å². The van der Waals surface area contributed by atoms with Crippen molar-refractivity contribution >= 4 is 23.0 Å². The van der Waals surface area contributed by atoms with Gasteiger partial charge in [-0.25, -0.2) is 4.79 Å². The molecule has 0 amide bonds. The van der Waals surface area contributed by atoms with Gasteiger partial charge in [-0.2, -0.15) is 0 Å². The first-order valence-electron chi connectivity index (χ1n) is 7.63. The molecule has 0 saturated heterocycles.